The lowest BCUT2D eigenvalue weighted by Gasteiger charge is -2.16. The first-order valence-electron chi connectivity index (χ1n) is 8.26. The summed E-state index contributed by atoms with van der Waals surface area (Å²) in [6.45, 7) is 4.45. The quantitative estimate of drug-likeness (QED) is 0.475. The van der Waals surface area contributed by atoms with Crippen LogP contribution < -0.4 is 9.47 Å². The van der Waals surface area contributed by atoms with E-state index in [4.69, 9.17) is 9.47 Å². The molecule has 25 heavy (non-hydrogen) atoms. The highest BCUT2D eigenvalue weighted by Gasteiger charge is 2.28. The molecular weight excluding hydrogens is 384 g/mol. The Bertz CT molecular complexity index is 797. The molecule has 132 valence electrons. The van der Waals surface area contributed by atoms with E-state index in [0.717, 1.165) is 28.6 Å². The van der Waals surface area contributed by atoms with Gasteiger partial charge in [0.15, 0.2) is 0 Å². The van der Waals surface area contributed by atoms with Gasteiger partial charge >= 0.3 is 6.16 Å². The van der Waals surface area contributed by atoms with E-state index in [2.05, 4.69) is 40.6 Å². The SMILES string of the molecule is COC(=O)Oc1cccc(C2CC2)c1COc1cc(C)c(C)cc1Br. The van der Waals surface area contributed by atoms with Crippen molar-refractivity contribution in [1.29, 1.82) is 0 Å². The highest BCUT2D eigenvalue weighted by Crippen LogP contribution is 2.44. The molecule has 2 aromatic rings. The van der Waals surface area contributed by atoms with Crippen LogP contribution in [-0.2, 0) is 11.3 Å². The number of carbonyl (C=O) groups excluding carboxylic acids is 1. The number of halogens is 1. The molecule has 1 saturated carbocycles. The van der Waals surface area contributed by atoms with Crippen molar-refractivity contribution in [2.24, 2.45) is 0 Å². The molecule has 1 aliphatic carbocycles. The molecule has 2 aromatic carbocycles. The predicted molar refractivity (Wildman–Crippen MR) is 99.4 cm³/mol. The lowest BCUT2D eigenvalue weighted by Crippen LogP contribution is -2.11. The molecule has 0 atom stereocenters. The van der Waals surface area contributed by atoms with Crippen LogP contribution in [0.1, 0.15) is 41.0 Å². The molecule has 0 heterocycles. The average molecular weight is 405 g/mol. The largest absolute Gasteiger partial charge is 0.513 e. The van der Waals surface area contributed by atoms with Gasteiger partial charge in [-0.15, -0.1) is 0 Å². The molecule has 0 amide bonds. The van der Waals surface area contributed by atoms with E-state index in [1.54, 1.807) is 6.07 Å². The van der Waals surface area contributed by atoms with Crippen LogP contribution in [0.25, 0.3) is 0 Å². The zero-order chi connectivity index (χ0) is 18.0. The maximum absolute atomic E-state index is 11.5. The first-order chi connectivity index (χ1) is 12.0. The third-order valence-electron chi connectivity index (χ3n) is 4.47. The molecule has 0 unspecified atom stereocenters. The Labute approximate surface area is 156 Å². The van der Waals surface area contributed by atoms with Crippen LogP contribution in [0.3, 0.4) is 0 Å². The van der Waals surface area contributed by atoms with Gasteiger partial charge in [0.25, 0.3) is 0 Å². The third kappa shape index (κ3) is 4.15. The maximum atomic E-state index is 11.5. The van der Waals surface area contributed by atoms with E-state index in [0.29, 0.717) is 18.3 Å². The second-order valence-electron chi connectivity index (χ2n) is 6.31. The van der Waals surface area contributed by atoms with Crippen molar-refractivity contribution in [3.05, 3.63) is 57.1 Å². The number of carbonyl (C=O) groups is 1. The maximum Gasteiger partial charge on any atom is 0.513 e. The Morgan fingerprint density at radius 2 is 1.88 bits per heavy atom. The fourth-order valence-electron chi connectivity index (χ4n) is 2.76. The second-order valence-corrected chi connectivity index (χ2v) is 7.16. The van der Waals surface area contributed by atoms with Crippen LogP contribution in [0.2, 0.25) is 0 Å². The summed E-state index contributed by atoms with van der Waals surface area (Å²) in [5.41, 5.74) is 4.45. The van der Waals surface area contributed by atoms with Gasteiger partial charge in [0.2, 0.25) is 0 Å². The summed E-state index contributed by atoms with van der Waals surface area (Å²) in [7, 11) is 1.30. The van der Waals surface area contributed by atoms with Crippen molar-refractivity contribution in [2.75, 3.05) is 7.11 Å². The summed E-state index contributed by atoms with van der Waals surface area (Å²) in [6, 6.07) is 9.82. The minimum atomic E-state index is -0.721. The molecule has 0 aromatic heterocycles. The third-order valence-corrected chi connectivity index (χ3v) is 5.09. The van der Waals surface area contributed by atoms with Gasteiger partial charge in [-0.2, -0.15) is 0 Å². The smallest absolute Gasteiger partial charge is 0.488 e. The zero-order valence-electron chi connectivity index (χ0n) is 14.6. The van der Waals surface area contributed by atoms with Crippen molar-refractivity contribution in [1.82, 2.24) is 0 Å². The Morgan fingerprint density at radius 1 is 1.16 bits per heavy atom. The predicted octanol–water partition coefficient (Wildman–Crippen LogP) is 5.67. The Hall–Kier alpha value is -2.01. The van der Waals surface area contributed by atoms with Crippen LogP contribution in [-0.4, -0.2) is 13.3 Å². The Kier molecular flexibility index (Phi) is 5.33. The minimum absolute atomic E-state index is 0.333. The highest BCUT2D eigenvalue weighted by atomic mass is 79.9. The van der Waals surface area contributed by atoms with Crippen LogP contribution in [0.4, 0.5) is 4.79 Å². The first-order valence-corrected chi connectivity index (χ1v) is 9.06. The summed E-state index contributed by atoms with van der Waals surface area (Å²) in [4.78, 5) is 11.5. The summed E-state index contributed by atoms with van der Waals surface area (Å²) in [6.07, 6.45) is 1.59. The number of hydrogen-bond donors (Lipinski definition) is 0. The summed E-state index contributed by atoms with van der Waals surface area (Å²) < 4.78 is 16.9. The molecule has 3 rings (SSSR count). The van der Waals surface area contributed by atoms with Crippen LogP contribution in [0.5, 0.6) is 11.5 Å². The van der Waals surface area contributed by atoms with Crippen LogP contribution >= 0.6 is 15.9 Å². The molecule has 0 radical (unpaired) electrons. The Balaban J connectivity index is 1.88. The fraction of sp³-hybridized carbons (Fsp3) is 0.350. The van der Waals surface area contributed by atoms with Gasteiger partial charge in [0.1, 0.15) is 18.1 Å². The molecule has 0 aliphatic heterocycles. The number of methoxy groups -OCH3 is 1. The van der Waals surface area contributed by atoms with Gasteiger partial charge in [0.05, 0.1) is 11.6 Å². The van der Waals surface area contributed by atoms with E-state index in [9.17, 15) is 4.79 Å². The summed E-state index contributed by atoms with van der Waals surface area (Å²) in [5.74, 6) is 1.79. The van der Waals surface area contributed by atoms with Crippen LogP contribution in [0.15, 0.2) is 34.8 Å². The number of aryl methyl sites for hydroxylation is 2. The number of rotatable bonds is 5. The van der Waals surface area contributed by atoms with Crippen molar-refractivity contribution < 1.29 is 19.0 Å². The lowest BCUT2D eigenvalue weighted by atomic mass is 10.0. The van der Waals surface area contributed by atoms with Gasteiger partial charge in [-0.1, -0.05) is 12.1 Å². The standard InChI is InChI=1S/C20H21BrO4/c1-12-9-17(21)19(10-13(12)2)24-11-16-15(14-7-8-14)5-4-6-18(16)25-20(22)23-3/h4-6,9-10,14H,7-8,11H2,1-3H3. The minimum Gasteiger partial charge on any atom is -0.488 e. The zero-order valence-corrected chi connectivity index (χ0v) is 16.2. The van der Waals surface area contributed by atoms with E-state index in [1.807, 2.05) is 18.2 Å². The van der Waals surface area contributed by atoms with Gasteiger partial charge in [-0.3, -0.25) is 0 Å². The van der Waals surface area contributed by atoms with E-state index in [1.165, 1.54) is 23.8 Å². The molecule has 1 aliphatic rings. The molecule has 0 N–H and O–H groups in total. The summed E-state index contributed by atoms with van der Waals surface area (Å²) in [5, 5.41) is 0. The van der Waals surface area contributed by atoms with Gasteiger partial charge < -0.3 is 14.2 Å². The summed E-state index contributed by atoms with van der Waals surface area (Å²) >= 11 is 3.55. The first kappa shape index (κ1) is 17.8. The topological polar surface area (TPSA) is 44.8 Å². The van der Waals surface area contributed by atoms with E-state index in [-0.39, 0.29) is 0 Å². The van der Waals surface area contributed by atoms with Crippen LogP contribution in [0, 0.1) is 13.8 Å². The van der Waals surface area contributed by atoms with Crippen molar-refractivity contribution in [3.63, 3.8) is 0 Å². The number of benzene rings is 2. The monoisotopic (exact) mass is 404 g/mol. The van der Waals surface area contributed by atoms with Gasteiger partial charge in [-0.05, 0) is 83.4 Å². The number of ether oxygens (including phenoxy) is 3. The molecule has 0 spiro atoms. The van der Waals surface area contributed by atoms with E-state index >= 15 is 0 Å². The van der Waals surface area contributed by atoms with E-state index < -0.39 is 6.16 Å². The van der Waals surface area contributed by atoms with Gasteiger partial charge in [0, 0.05) is 5.56 Å². The Morgan fingerprint density at radius 3 is 2.56 bits per heavy atom. The average Bonchev–Trinajstić information content (AvgIpc) is 3.42. The number of hydrogen-bond acceptors (Lipinski definition) is 4. The van der Waals surface area contributed by atoms with Crippen molar-refractivity contribution in [3.8, 4) is 11.5 Å². The molecule has 0 saturated heterocycles. The van der Waals surface area contributed by atoms with Crippen molar-refractivity contribution in [2.45, 2.75) is 39.2 Å². The van der Waals surface area contributed by atoms with Crippen molar-refractivity contribution >= 4 is 22.1 Å². The molecule has 0 bridgehead atoms. The second kappa shape index (κ2) is 7.48. The fourth-order valence-corrected chi connectivity index (χ4v) is 3.33. The normalized spacial score (nSPS) is 13.4. The highest BCUT2D eigenvalue weighted by molar-refractivity contribution is 9.10. The molecule has 1 fully saturated rings. The van der Waals surface area contributed by atoms with Gasteiger partial charge in [-0.25, -0.2) is 4.79 Å². The molecule has 5 heteroatoms. The lowest BCUT2D eigenvalue weighted by molar-refractivity contribution is 0.120. The molecule has 4 nitrogen and oxygen atoms in total. The molecular formula is C20H21BrO4.